The number of hydrogen-bond donors (Lipinski definition) is 0. The van der Waals surface area contributed by atoms with Crippen LogP contribution in [-0.2, 0) is 11.2 Å². The van der Waals surface area contributed by atoms with Gasteiger partial charge in [-0.2, -0.15) is 0 Å². The van der Waals surface area contributed by atoms with Gasteiger partial charge in [0.15, 0.2) is 0 Å². The fourth-order valence-electron chi connectivity index (χ4n) is 5.34. The number of nitrogens with zero attached hydrogens (tertiary/aromatic N) is 3. The van der Waals surface area contributed by atoms with Crippen LogP contribution in [0.5, 0.6) is 0 Å². The Morgan fingerprint density at radius 2 is 1.90 bits per heavy atom. The van der Waals surface area contributed by atoms with E-state index in [4.69, 9.17) is 0 Å². The molecule has 0 bridgehead atoms. The van der Waals surface area contributed by atoms with E-state index >= 15 is 0 Å². The Bertz CT molecular complexity index is 1020. The second-order valence-electron chi connectivity index (χ2n) is 8.78. The number of hydrogen-bond acceptors (Lipinski definition) is 3. The predicted molar refractivity (Wildman–Crippen MR) is 126 cm³/mol. The van der Waals surface area contributed by atoms with Crippen molar-refractivity contribution in [3.8, 4) is 0 Å². The average Bonchev–Trinajstić information content (AvgIpc) is 3.17. The molecule has 0 saturated heterocycles. The molecule has 2 aliphatic rings. The van der Waals surface area contributed by atoms with E-state index in [2.05, 4.69) is 50.1 Å². The molecule has 4 rings (SSSR count). The Kier molecular flexibility index (Phi) is 6.33. The van der Waals surface area contributed by atoms with Crippen LogP contribution in [0.1, 0.15) is 62.9 Å². The number of carbonyl (C=O) groups excluding carboxylic acids is 2. The van der Waals surface area contributed by atoms with Crippen LogP contribution >= 0.6 is 0 Å². The van der Waals surface area contributed by atoms with Gasteiger partial charge in [-0.15, -0.1) is 0 Å². The van der Waals surface area contributed by atoms with Crippen molar-refractivity contribution in [2.24, 2.45) is 5.92 Å². The van der Waals surface area contributed by atoms with Gasteiger partial charge >= 0.3 is 0 Å². The molecule has 1 aromatic heterocycles. The Hall–Kier alpha value is -2.40. The Labute approximate surface area is 185 Å². The number of carbonyl (C=O) groups is 2. The third-order valence-electron chi connectivity index (χ3n) is 7.01. The highest BCUT2D eigenvalue weighted by Gasteiger charge is 2.38. The Morgan fingerprint density at radius 1 is 1.13 bits per heavy atom. The first-order valence-corrected chi connectivity index (χ1v) is 11.9. The van der Waals surface area contributed by atoms with Crippen molar-refractivity contribution in [1.82, 2.24) is 14.4 Å². The summed E-state index contributed by atoms with van der Waals surface area (Å²) in [4.78, 5) is 30.3. The molecule has 166 valence electrons. The van der Waals surface area contributed by atoms with Crippen molar-refractivity contribution in [3.05, 3.63) is 41.6 Å². The molecule has 5 heteroatoms. The average molecular weight is 422 g/mol. The summed E-state index contributed by atoms with van der Waals surface area (Å²) < 4.78 is 1.83. The van der Waals surface area contributed by atoms with Gasteiger partial charge in [0, 0.05) is 43.7 Å². The highest BCUT2D eigenvalue weighted by atomic mass is 16.2. The van der Waals surface area contributed by atoms with Gasteiger partial charge in [0.1, 0.15) is 0 Å². The number of unbranched alkanes of at least 4 members (excludes halogenated alkanes) is 1. The summed E-state index contributed by atoms with van der Waals surface area (Å²) in [7, 11) is 0. The summed E-state index contributed by atoms with van der Waals surface area (Å²) in [6.45, 7) is 11.5. The van der Waals surface area contributed by atoms with Crippen molar-refractivity contribution in [1.29, 1.82) is 0 Å². The molecule has 2 aromatic rings. The maximum Gasteiger partial charge on any atom is 0.230 e. The molecule has 1 aromatic carbocycles. The number of fused-ring (bicyclic) bond motifs is 2. The first-order chi connectivity index (χ1) is 15.0. The maximum absolute atomic E-state index is 13.3. The highest BCUT2D eigenvalue weighted by molar-refractivity contribution is 6.03. The smallest absolute Gasteiger partial charge is 0.230 e. The van der Waals surface area contributed by atoms with E-state index in [-0.39, 0.29) is 23.8 Å². The minimum absolute atomic E-state index is 0.112. The van der Waals surface area contributed by atoms with Crippen molar-refractivity contribution in [2.75, 3.05) is 26.2 Å². The van der Waals surface area contributed by atoms with E-state index in [0.29, 0.717) is 6.42 Å². The van der Waals surface area contributed by atoms with Gasteiger partial charge < -0.3 is 4.90 Å². The summed E-state index contributed by atoms with van der Waals surface area (Å²) in [6, 6.07) is 6.55. The third-order valence-corrected chi connectivity index (χ3v) is 7.01. The van der Waals surface area contributed by atoms with Gasteiger partial charge in [-0.1, -0.05) is 38.5 Å². The van der Waals surface area contributed by atoms with E-state index in [1.54, 1.807) is 0 Å². The molecule has 31 heavy (non-hydrogen) atoms. The predicted octanol–water partition coefficient (Wildman–Crippen LogP) is 4.60. The maximum atomic E-state index is 13.3. The normalized spacial score (nSPS) is 20.5. The molecule has 1 unspecified atom stereocenters. The molecule has 0 radical (unpaired) electrons. The topological polar surface area (TPSA) is 45.6 Å². The molecule has 0 N–H and O–H groups in total. The second kappa shape index (κ2) is 8.99. The van der Waals surface area contributed by atoms with Crippen molar-refractivity contribution in [3.63, 3.8) is 0 Å². The van der Waals surface area contributed by atoms with E-state index in [9.17, 15) is 9.59 Å². The molecule has 1 aliphatic heterocycles. The first kappa shape index (κ1) is 21.8. The van der Waals surface area contributed by atoms with Gasteiger partial charge in [0.05, 0.1) is 11.4 Å². The largest absolute Gasteiger partial charge is 0.343 e. The lowest BCUT2D eigenvalue weighted by atomic mass is 9.79. The van der Waals surface area contributed by atoms with Crippen LogP contribution in [0, 0.1) is 5.92 Å². The quantitative estimate of drug-likeness (QED) is 0.656. The Balaban J connectivity index is 1.83. The second-order valence-corrected chi connectivity index (χ2v) is 8.78. The fourth-order valence-corrected chi connectivity index (χ4v) is 5.34. The summed E-state index contributed by atoms with van der Waals surface area (Å²) in [5.41, 5.74) is 4.72. The van der Waals surface area contributed by atoms with Crippen LogP contribution in [0.2, 0.25) is 0 Å². The lowest BCUT2D eigenvalue weighted by Gasteiger charge is -2.42. The van der Waals surface area contributed by atoms with Crippen LogP contribution in [0.4, 0.5) is 0 Å². The standard InChI is InChI=1S/C26H35N3O2/c1-5-9-13-28-16-19(26(31)27(7-3)8-4)14-21-20-11-10-12-22-25(20)18(15-23(21)28)17-29(22)24(30)6-2/h10-12,14,17,19,23H,5-9,13,15-16H2,1-4H3/t19-,23?/m1/s1. The van der Waals surface area contributed by atoms with Crippen LogP contribution in [-0.4, -0.2) is 58.4 Å². The van der Waals surface area contributed by atoms with Crippen molar-refractivity contribution >= 4 is 28.3 Å². The summed E-state index contributed by atoms with van der Waals surface area (Å²) in [5, 5.41) is 1.19. The number of amides is 1. The SMILES string of the molecule is CCCCN1C[C@H](C(=O)N(CC)CC)C=C2c3cccc4c3c(cn4C(=O)CC)CC21. The number of benzene rings is 1. The van der Waals surface area contributed by atoms with Crippen molar-refractivity contribution in [2.45, 2.75) is 59.4 Å². The monoisotopic (exact) mass is 421 g/mol. The fraction of sp³-hybridized carbons (Fsp3) is 0.538. The minimum Gasteiger partial charge on any atom is -0.343 e. The zero-order valence-corrected chi connectivity index (χ0v) is 19.4. The van der Waals surface area contributed by atoms with Crippen LogP contribution in [0.3, 0.4) is 0 Å². The van der Waals surface area contributed by atoms with Gasteiger partial charge in [-0.3, -0.25) is 19.1 Å². The lowest BCUT2D eigenvalue weighted by Crippen LogP contribution is -2.49. The Morgan fingerprint density at radius 3 is 2.58 bits per heavy atom. The van der Waals surface area contributed by atoms with Gasteiger partial charge in [-0.25, -0.2) is 0 Å². The molecule has 1 amide bonds. The van der Waals surface area contributed by atoms with E-state index < -0.39 is 0 Å². The summed E-state index contributed by atoms with van der Waals surface area (Å²) in [5.74, 6) is 0.248. The molecule has 2 atom stereocenters. The molecule has 0 saturated carbocycles. The molecule has 0 spiro atoms. The number of aromatic nitrogens is 1. The molecule has 0 fully saturated rings. The summed E-state index contributed by atoms with van der Waals surface area (Å²) >= 11 is 0. The van der Waals surface area contributed by atoms with Gasteiger partial charge in [-0.05, 0) is 56.0 Å². The van der Waals surface area contributed by atoms with Gasteiger partial charge in [0.2, 0.25) is 11.8 Å². The lowest BCUT2D eigenvalue weighted by molar-refractivity contribution is -0.134. The first-order valence-electron chi connectivity index (χ1n) is 11.9. The zero-order valence-electron chi connectivity index (χ0n) is 19.4. The van der Waals surface area contributed by atoms with Crippen LogP contribution in [0.15, 0.2) is 30.5 Å². The molecular weight excluding hydrogens is 386 g/mol. The van der Waals surface area contributed by atoms with E-state index in [1.165, 1.54) is 22.1 Å². The molecule has 2 heterocycles. The molecule has 1 aliphatic carbocycles. The highest BCUT2D eigenvalue weighted by Crippen LogP contribution is 2.42. The molecule has 5 nitrogen and oxygen atoms in total. The zero-order chi connectivity index (χ0) is 22.1. The van der Waals surface area contributed by atoms with Crippen LogP contribution in [0.25, 0.3) is 16.5 Å². The van der Waals surface area contributed by atoms with E-state index in [0.717, 1.165) is 51.0 Å². The van der Waals surface area contributed by atoms with Crippen molar-refractivity contribution < 1.29 is 9.59 Å². The van der Waals surface area contributed by atoms with E-state index in [1.807, 2.05) is 22.5 Å². The van der Waals surface area contributed by atoms with Crippen LogP contribution < -0.4 is 0 Å². The molecular formula is C26H35N3O2. The third kappa shape index (κ3) is 3.73. The summed E-state index contributed by atoms with van der Waals surface area (Å²) in [6.07, 6.45) is 7.95. The minimum atomic E-state index is -0.112. The number of rotatable bonds is 7. The van der Waals surface area contributed by atoms with Gasteiger partial charge in [0.25, 0.3) is 0 Å².